The summed E-state index contributed by atoms with van der Waals surface area (Å²) in [6.45, 7) is 2.12. The number of thiocarbonyl (C=S) groups is 1. The molecule has 1 heterocycles. The van der Waals surface area contributed by atoms with Gasteiger partial charge in [0.1, 0.15) is 5.75 Å². The second-order valence-corrected chi connectivity index (χ2v) is 6.99. The van der Waals surface area contributed by atoms with Crippen LogP contribution in [0.15, 0.2) is 53.4 Å². The van der Waals surface area contributed by atoms with Crippen molar-refractivity contribution in [1.29, 1.82) is 0 Å². The van der Waals surface area contributed by atoms with Crippen molar-refractivity contribution >= 4 is 46.0 Å². The fourth-order valence-electron chi connectivity index (χ4n) is 2.42. The average Bonchev–Trinajstić information content (AvgIpc) is 2.89. The number of methoxy groups -OCH3 is 1. The molecule has 1 saturated heterocycles. The summed E-state index contributed by atoms with van der Waals surface area (Å²) in [6, 6.07) is 15.5. The van der Waals surface area contributed by atoms with E-state index in [1.54, 1.807) is 12.0 Å². The van der Waals surface area contributed by atoms with E-state index in [1.807, 2.05) is 42.5 Å². The smallest absolute Gasteiger partial charge is 0.270 e. The molecular weight excluding hydrogens is 338 g/mol. The highest BCUT2D eigenvalue weighted by Gasteiger charge is 2.33. The van der Waals surface area contributed by atoms with Gasteiger partial charge in [0.2, 0.25) is 0 Å². The summed E-state index contributed by atoms with van der Waals surface area (Å²) in [6.07, 6.45) is 2.89. The first-order valence-electron chi connectivity index (χ1n) is 7.63. The lowest BCUT2D eigenvalue weighted by Crippen LogP contribution is -2.27. The molecule has 2 aromatic carbocycles. The Labute approximate surface area is 151 Å². The minimum Gasteiger partial charge on any atom is -0.497 e. The molecule has 24 heavy (non-hydrogen) atoms. The second-order valence-electron chi connectivity index (χ2n) is 5.31. The number of nitrogens with zero attached hydrogens (tertiary/aromatic N) is 1. The van der Waals surface area contributed by atoms with Crippen molar-refractivity contribution in [3.05, 3.63) is 64.6 Å². The van der Waals surface area contributed by atoms with Gasteiger partial charge < -0.3 is 4.74 Å². The summed E-state index contributed by atoms with van der Waals surface area (Å²) in [5.74, 6) is 0.658. The van der Waals surface area contributed by atoms with Crippen LogP contribution in [0.4, 0.5) is 5.69 Å². The largest absolute Gasteiger partial charge is 0.497 e. The third kappa shape index (κ3) is 3.37. The van der Waals surface area contributed by atoms with E-state index < -0.39 is 0 Å². The van der Waals surface area contributed by atoms with Crippen LogP contribution in [-0.2, 0) is 11.2 Å². The molecule has 122 valence electrons. The van der Waals surface area contributed by atoms with Crippen LogP contribution in [0.3, 0.4) is 0 Å². The lowest BCUT2D eigenvalue weighted by molar-refractivity contribution is -0.113. The highest BCUT2D eigenvalue weighted by Crippen LogP contribution is 2.36. The molecule has 1 aliphatic heterocycles. The summed E-state index contributed by atoms with van der Waals surface area (Å²) >= 11 is 6.72. The molecule has 0 N–H and O–H groups in total. The van der Waals surface area contributed by atoms with Gasteiger partial charge >= 0.3 is 0 Å². The topological polar surface area (TPSA) is 29.5 Å². The fourth-order valence-corrected chi connectivity index (χ4v) is 3.72. The van der Waals surface area contributed by atoms with Crippen molar-refractivity contribution in [2.24, 2.45) is 0 Å². The van der Waals surface area contributed by atoms with Gasteiger partial charge in [0.05, 0.1) is 17.7 Å². The van der Waals surface area contributed by atoms with Crippen molar-refractivity contribution in [1.82, 2.24) is 0 Å². The number of aryl methyl sites for hydroxylation is 1. The number of hydrogen-bond acceptors (Lipinski definition) is 4. The predicted octanol–water partition coefficient (Wildman–Crippen LogP) is 4.66. The van der Waals surface area contributed by atoms with Gasteiger partial charge in [0.15, 0.2) is 4.32 Å². The fraction of sp³-hybridized carbons (Fsp3) is 0.158. The summed E-state index contributed by atoms with van der Waals surface area (Å²) in [5, 5.41) is 0. The van der Waals surface area contributed by atoms with Crippen LogP contribution in [0.1, 0.15) is 18.1 Å². The summed E-state index contributed by atoms with van der Waals surface area (Å²) in [5.41, 5.74) is 3.03. The first-order valence-corrected chi connectivity index (χ1v) is 8.86. The molecule has 0 aliphatic carbocycles. The molecule has 0 radical (unpaired) electrons. The maximum absolute atomic E-state index is 12.7. The van der Waals surface area contributed by atoms with Crippen LogP contribution < -0.4 is 9.64 Å². The van der Waals surface area contributed by atoms with Crippen LogP contribution in [-0.4, -0.2) is 17.3 Å². The van der Waals surface area contributed by atoms with Gasteiger partial charge in [-0.15, -0.1) is 0 Å². The molecule has 1 fully saturated rings. The highest BCUT2D eigenvalue weighted by molar-refractivity contribution is 8.27. The van der Waals surface area contributed by atoms with Gasteiger partial charge in [-0.1, -0.05) is 55.2 Å². The molecule has 0 saturated carbocycles. The number of carbonyl (C=O) groups excluding carboxylic acids is 1. The number of ether oxygens (including phenoxy) is 1. The number of rotatable bonds is 4. The summed E-state index contributed by atoms with van der Waals surface area (Å²) in [7, 11) is 1.61. The number of benzene rings is 2. The van der Waals surface area contributed by atoms with E-state index in [4.69, 9.17) is 17.0 Å². The summed E-state index contributed by atoms with van der Waals surface area (Å²) in [4.78, 5) is 14.9. The quantitative estimate of drug-likeness (QED) is 0.589. The third-order valence-corrected chi connectivity index (χ3v) is 5.11. The maximum atomic E-state index is 12.7. The van der Waals surface area contributed by atoms with Gasteiger partial charge in [-0.05, 0) is 47.9 Å². The minimum absolute atomic E-state index is 0.0882. The van der Waals surface area contributed by atoms with Gasteiger partial charge in [-0.3, -0.25) is 9.69 Å². The monoisotopic (exact) mass is 355 g/mol. The Morgan fingerprint density at radius 1 is 1.12 bits per heavy atom. The number of amides is 1. The van der Waals surface area contributed by atoms with Gasteiger partial charge in [0, 0.05) is 0 Å². The van der Waals surface area contributed by atoms with Crippen molar-refractivity contribution in [2.75, 3.05) is 12.0 Å². The van der Waals surface area contributed by atoms with Gasteiger partial charge in [0.25, 0.3) is 5.91 Å². The van der Waals surface area contributed by atoms with E-state index in [-0.39, 0.29) is 5.91 Å². The van der Waals surface area contributed by atoms with Crippen molar-refractivity contribution in [2.45, 2.75) is 13.3 Å². The zero-order valence-electron chi connectivity index (χ0n) is 13.5. The normalized spacial score (nSPS) is 16.1. The number of anilines is 1. The van der Waals surface area contributed by atoms with Crippen LogP contribution in [0, 0.1) is 0 Å². The van der Waals surface area contributed by atoms with E-state index in [1.165, 1.54) is 17.3 Å². The average molecular weight is 355 g/mol. The molecule has 3 rings (SSSR count). The van der Waals surface area contributed by atoms with Crippen molar-refractivity contribution < 1.29 is 9.53 Å². The Hall–Kier alpha value is -2.11. The van der Waals surface area contributed by atoms with E-state index in [9.17, 15) is 4.79 Å². The molecule has 0 spiro atoms. The van der Waals surface area contributed by atoms with Crippen molar-refractivity contribution in [3.8, 4) is 5.75 Å². The minimum atomic E-state index is -0.0882. The van der Waals surface area contributed by atoms with Crippen LogP contribution in [0.25, 0.3) is 6.08 Å². The van der Waals surface area contributed by atoms with E-state index in [0.29, 0.717) is 9.23 Å². The molecule has 0 unspecified atom stereocenters. The first-order chi connectivity index (χ1) is 11.6. The molecule has 0 bridgehead atoms. The molecular formula is C19H17NO2S2. The van der Waals surface area contributed by atoms with Crippen LogP contribution in [0.2, 0.25) is 0 Å². The highest BCUT2D eigenvalue weighted by atomic mass is 32.2. The molecule has 1 aliphatic rings. The van der Waals surface area contributed by atoms with E-state index >= 15 is 0 Å². The molecule has 5 heteroatoms. The molecule has 3 nitrogen and oxygen atoms in total. The molecule has 0 aromatic heterocycles. The van der Waals surface area contributed by atoms with Crippen LogP contribution in [0.5, 0.6) is 5.75 Å². The van der Waals surface area contributed by atoms with E-state index in [2.05, 4.69) is 19.1 Å². The third-order valence-electron chi connectivity index (χ3n) is 3.81. The van der Waals surface area contributed by atoms with Crippen LogP contribution >= 0.6 is 24.0 Å². The number of thioether (sulfide) groups is 1. The maximum Gasteiger partial charge on any atom is 0.270 e. The Kier molecular flexibility index (Phi) is 5.02. The van der Waals surface area contributed by atoms with E-state index in [0.717, 1.165) is 23.4 Å². The zero-order valence-corrected chi connectivity index (χ0v) is 15.1. The Bertz CT molecular complexity index is 795. The Balaban J connectivity index is 1.85. The second kappa shape index (κ2) is 7.20. The standard InChI is InChI=1S/C19H17NO2S2/c1-3-13-4-6-14(7-5-13)12-17-18(21)20(19(23)24-17)15-8-10-16(22-2)11-9-15/h4-12H,3H2,1-2H3/b17-12-. The number of carbonyl (C=O) groups is 1. The molecule has 0 atom stereocenters. The van der Waals surface area contributed by atoms with Crippen molar-refractivity contribution in [3.63, 3.8) is 0 Å². The number of hydrogen-bond donors (Lipinski definition) is 0. The predicted molar refractivity (Wildman–Crippen MR) is 104 cm³/mol. The Morgan fingerprint density at radius 2 is 1.79 bits per heavy atom. The Morgan fingerprint density at radius 3 is 2.38 bits per heavy atom. The first kappa shape index (κ1) is 16.7. The molecule has 1 amide bonds. The summed E-state index contributed by atoms with van der Waals surface area (Å²) < 4.78 is 5.69. The lowest BCUT2D eigenvalue weighted by Gasteiger charge is -2.14. The SMILES string of the molecule is CCc1ccc(/C=C2\SC(=S)N(c3ccc(OC)cc3)C2=O)cc1. The van der Waals surface area contributed by atoms with Gasteiger partial charge in [-0.25, -0.2) is 0 Å². The van der Waals surface area contributed by atoms with Gasteiger partial charge in [-0.2, -0.15) is 0 Å². The zero-order chi connectivity index (χ0) is 17.1. The lowest BCUT2D eigenvalue weighted by atomic mass is 10.1. The molecule has 2 aromatic rings.